The molecular formula is C3H8O3. The Bertz CT molecular complexity index is 47.4. The first-order chi connectivity index (χ1) is 3.18. The minimum atomic E-state index is -1.58. The van der Waals surface area contributed by atoms with Crippen molar-refractivity contribution in [2.45, 2.75) is 6.10 Å². The van der Waals surface area contributed by atoms with Crippen LogP contribution in [-0.4, -0.2) is 34.6 Å². The van der Waals surface area contributed by atoms with Crippen LogP contribution in [0, 0.1) is 0 Å². The van der Waals surface area contributed by atoms with Gasteiger partial charge in [0.2, 0.25) is 0 Å². The van der Waals surface area contributed by atoms with Gasteiger partial charge in [0.05, 0.1) is 14.6 Å². The lowest BCUT2D eigenvalue weighted by atomic mass is 11.0. The largest absolute Gasteiger partial charge is 0.394 e. The molecule has 6 heavy (non-hydrogen) atoms. The third kappa shape index (κ3) is 2.14. The molecule has 0 aliphatic rings. The molecule has 0 aromatic carbocycles. The van der Waals surface area contributed by atoms with Gasteiger partial charge in [-0.3, -0.25) is 0 Å². The molecule has 0 aliphatic heterocycles. The highest BCUT2D eigenvalue weighted by Gasteiger charge is 1.93. The first kappa shape index (κ1) is 4.05. The number of aliphatic hydroxyl groups excluding tert-OH is 3. The van der Waals surface area contributed by atoms with E-state index in [1.165, 1.54) is 0 Å². The fraction of sp³-hybridized carbons (Fsp3) is 1.00. The molecule has 0 aliphatic carbocycles. The van der Waals surface area contributed by atoms with Crippen molar-refractivity contribution >= 4 is 0 Å². The van der Waals surface area contributed by atoms with Crippen molar-refractivity contribution in [2.24, 2.45) is 0 Å². The fourth-order valence-corrected chi connectivity index (χ4v) is 0.0471. The zero-order valence-corrected chi connectivity index (χ0v) is 3.20. The summed E-state index contributed by atoms with van der Waals surface area (Å²) in [6.07, 6.45) is -1.32. The molecule has 0 aromatic rings. The standard InChI is InChI=1S/C3H8O3/c4-1-3(6)2-5/h3-6H,1-2H2/i1+1D,3+1/t1-,3-/m1/s1. The van der Waals surface area contributed by atoms with Gasteiger partial charge < -0.3 is 15.3 Å². The minimum absolute atomic E-state index is 0.565. The van der Waals surface area contributed by atoms with Crippen LogP contribution >= 0.6 is 0 Å². The van der Waals surface area contributed by atoms with Gasteiger partial charge in [-0.1, -0.05) is 0 Å². The molecule has 0 saturated heterocycles. The summed E-state index contributed by atoms with van der Waals surface area (Å²) in [5.41, 5.74) is 0. The molecule has 0 aromatic heterocycles. The summed E-state index contributed by atoms with van der Waals surface area (Å²) in [6.45, 7) is -2.14. The monoisotopic (exact) mass is 95.1 g/mol. The SMILES string of the molecule is [2H][13C@@H](O)[13C@@H](O)CO. The van der Waals surface area contributed by atoms with Crippen molar-refractivity contribution in [1.82, 2.24) is 0 Å². The Labute approximate surface area is 37.3 Å². The molecule has 3 nitrogen and oxygen atoms in total. The zero-order chi connectivity index (χ0) is 5.86. The summed E-state index contributed by atoms with van der Waals surface area (Å²) >= 11 is 0. The molecule has 2 atom stereocenters. The van der Waals surface area contributed by atoms with Crippen LogP contribution in [-0.2, 0) is 0 Å². The second-order valence-electron chi connectivity index (χ2n) is 0.899. The van der Waals surface area contributed by atoms with E-state index < -0.39 is 19.3 Å². The maximum Gasteiger partial charge on any atom is 0.100 e. The van der Waals surface area contributed by atoms with E-state index in [1.54, 1.807) is 0 Å². The molecule has 0 fully saturated rings. The van der Waals surface area contributed by atoms with E-state index in [4.69, 9.17) is 16.7 Å². The average molecular weight is 95.1 g/mol. The Balaban J connectivity index is 3.14. The highest BCUT2D eigenvalue weighted by molar-refractivity contribution is 4.43. The maximum absolute atomic E-state index is 8.25. The lowest BCUT2D eigenvalue weighted by Gasteiger charge is -1.96. The molecule has 0 unspecified atom stereocenters. The van der Waals surface area contributed by atoms with Crippen LogP contribution in [0.2, 0.25) is 0 Å². The molecule has 3 N–H and O–H groups in total. The van der Waals surface area contributed by atoms with Crippen molar-refractivity contribution in [2.75, 3.05) is 13.2 Å². The van der Waals surface area contributed by atoms with E-state index in [0.29, 0.717) is 0 Å². The smallest absolute Gasteiger partial charge is 0.100 e. The predicted octanol–water partition coefficient (Wildman–Crippen LogP) is -1.67. The Morgan fingerprint density at radius 3 is 2.17 bits per heavy atom. The lowest BCUT2D eigenvalue weighted by molar-refractivity contribution is 0.0450. The highest BCUT2D eigenvalue weighted by Crippen LogP contribution is 1.71. The molecular weight excluding hydrogens is 86.0 g/mol. The van der Waals surface area contributed by atoms with Gasteiger partial charge in [0.25, 0.3) is 0 Å². The minimum Gasteiger partial charge on any atom is -0.394 e. The first-order valence-electron chi connectivity index (χ1n) is 2.15. The van der Waals surface area contributed by atoms with E-state index in [9.17, 15) is 0 Å². The lowest BCUT2D eigenvalue weighted by Crippen LogP contribution is -2.15. The zero-order valence-electron chi connectivity index (χ0n) is 4.20. The third-order valence-electron chi connectivity index (χ3n) is 0.359. The van der Waals surface area contributed by atoms with E-state index >= 15 is 0 Å². The summed E-state index contributed by atoms with van der Waals surface area (Å²) in [4.78, 5) is 0. The van der Waals surface area contributed by atoms with Crippen LogP contribution in [0.1, 0.15) is 1.37 Å². The quantitative estimate of drug-likeness (QED) is 0.359. The van der Waals surface area contributed by atoms with E-state index in [1.807, 2.05) is 0 Å². The number of hydrogen-bond acceptors (Lipinski definition) is 3. The van der Waals surface area contributed by atoms with Gasteiger partial charge in [-0.25, -0.2) is 0 Å². The van der Waals surface area contributed by atoms with Gasteiger partial charge in [-0.05, 0) is 0 Å². The number of hydrogen-bond donors (Lipinski definition) is 3. The maximum atomic E-state index is 8.25. The molecule has 0 radical (unpaired) electrons. The normalized spacial score (nSPS) is 22.2. The topological polar surface area (TPSA) is 60.7 Å². The van der Waals surface area contributed by atoms with Gasteiger partial charge in [0, 0.05) is 0 Å². The van der Waals surface area contributed by atoms with Gasteiger partial charge in [-0.2, -0.15) is 0 Å². The van der Waals surface area contributed by atoms with Gasteiger partial charge in [-0.15, -0.1) is 0 Å². The first-order valence-corrected chi connectivity index (χ1v) is 1.57. The van der Waals surface area contributed by atoms with Crippen LogP contribution < -0.4 is 0 Å². The van der Waals surface area contributed by atoms with E-state index in [0.717, 1.165) is 0 Å². The average Bonchev–Trinajstić information content (AvgIpc) is 1.65. The van der Waals surface area contributed by atoms with Crippen molar-refractivity contribution < 1.29 is 16.7 Å². The third-order valence-corrected chi connectivity index (χ3v) is 0.359. The van der Waals surface area contributed by atoms with Gasteiger partial charge in [0.15, 0.2) is 0 Å². The summed E-state index contributed by atoms with van der Waals surface area (Å²) in [7, 11) is 0. The van der Waals surface area contributed by atoms with Gasteiger partial charge in [0.1, 0.15) is 6.10 Å². The van der Waals surface area contributed by atoms with E-state index in [2.05, 4.69) is 0 Å². The molecule has 3 heteroatoms. The van der Waals surface area contributed by atoms with Crippen LogP contribution in [0.15, 0.2) is 0 Å². The summed E-state index contributed by atoms with van der Waals surface area (Å²) in [6, 6.07) is 0. The Kier molecular flexibility index (Phi) is 2.08. The predicted molar refractivity (Wildman–Crippen MR) is 20.2 cm³/mol. The van der Waals surface area contributed by atoms with Crippen LogP contribution in [0.25, 0.3) is 0 Å². The van der Waals surface area contributed by atoms with Crippen molar-refractivity contribution in [3.05, 3.63) is 0 Å². The molecule has 0 saturated carbocycles. The van der Waals surface area contributed by atoms with Crippen molar-refractivity contribution in [3.8, 4) is 0 Å². The van der Waals surface area contributed by atoms with Crippen LogP contribution in [0.5, 0.6) is 0 Å². The number of rotatable bonds is 2. The molecule has 0 spiro atoms. The highest BCUT2D eigenvalue weighted by atomic mass is 16.5. The van der Waals surface area contributed by atoms with Crippen molar-refractivity contribution in [3.63, 3.8) is 0 Å². The Morgan fingerprint density at radius 1 is 1.67 bits per heavy atom. The molecule has 0 amide bonds. The second kappa shape index (κ2) is 3.08. The summed E-state index contributed by atoms with van der Waals surface area (Å²) in [5.74, 6) is 0. The van der Waals surface area contributed by atoms with Gasteiger partial charge >= 0.3 is 0 Å². The molecule has 0 heterocycles. The summed E-state index contributed by atoms with van der Waals surface area (Å²) in [5, 5.41) is 24.3. The molecule has 38 valence electrons. The van der Waals surface area contributed by atoms with Crippen LogP contribution in [0.4, 0.5) is 0 Å². The molecule has 0 bridgehead atoms. The second-order valence-corrected chi connectivity index (χ2v) is 0.899. The number of aliphatic hydroxyl groups is 3. The van der Waals surface area contributed by atoms with E-state index in [-0.39, 0.29) is 0 Å². The Hall–Kier alpha value is -0.120. The fourth-order valence-electron chi connectivity index (χ4n) is 0.0471. The van der Waals surface area contributed by atoms with Crippen molar-refractivity contribution in [1.29, 1.82) is 0 Å². The Morgan fingerprint density at radius 2 is 2.17 bits per heavy atom. The summed E-state index contributed by atoms with van der Waals surface area (Å²) < 4.78 is 6.33. The van der Waals surface area contributed by atoms with Crippen LogP contribution in [0.3, 0.4) is 0 Å². The molecule has 0 rings (SSSR count).